The summed E-state index contributed by atoms with van der Waals surface area (Å²) in [5.74, 6) is -1.44. The fourth-order valence-corrected chi connectivity index (χ4v) is 3.14. The number of hydrogen-bond donors (Lipinski definition) is 1. The first kappa shape index (κ1) is 16.9. The largest absolute Gasteiger partial charge is 0.325 e. The molecule has 1 aliphatic heterocycles. The highest BCUT2D eigenvalue weighted by molar-refractivity contribution is 9.10. The van der Waals surface area contributed by atoms with E-state index in [1.807, 2.05) is 18.2 Å². The molecular formula is C17H13BrClFN2O2. The summed E-state index contributed by atoms with van der Waals surface area (Å²) in [6.07, 6.45) is 0.102. The van der Waals surface area contributed by atoms with Gasteiger partial charge in [0.2, 0.25) is 11.8 Å². The molecule has 2 aromatic carbocycles. The van der Waals surface area contributed by atoms with Crippen LogP contribution in [0.15, 0.2) is 46.9 Å². The number of hydrogen-bond acceptors (Lipinski definition) is 2. The first-order chi connectivity index (χ1) is 11.5. The molecule has 1 unspecified atom stereocenters. The van der Waals surface area contributed by atoms with Crippen molar-refractivity contribution in [1.82, 2.24) is 0 Å². The number of carbonyl (C=O) groups excluding carboxylic acids is 2. The van der Waals surface area contributed by atoms with Crippen molar-refractivity contribution >= 4 is 50.7 Å². The van der Waals surface area contributed by atoms with E-state index in [0.29, 0.717) is 11.4 Å². The van der Waals surface area contributed by atoms with Crippen molar-refractivity contribution in [3.8, 4) is 0 Å². The van der Waals surface area contributed by atoms with Crippen molar-refractivity contribution in [2.45, 2.75) is 6.42 Å². The molecule has 1 heterocycles. The third-order valence-corrected chi connectivity index (χ3v) is 4.82. The molecular weight excluding hydrogens is 399 g/mol. The molecule has 2 aromatic rings. The van der Waals surface area contributed by atoms with Crippen LogP contribution in [-0.4, -0.2) is 18.4 Å². The van der Waals surface area contributed by atoms with Crippen LogP contribution in [0.25, 0.3) is 0 Å². The molecule has 1 N–H and O–H groups in total. The first-order valence-electron chi connectivity index (χ1n) is 7.26. The molecule has 1 saturated heterocycles. The topological polar surface area (TPSA) is 49.4 Å². The Hall–Kier alpha value is -1.92. The van der Waals surface area contributed by atoms with Crippen LogP contribution in [0.1, 0.15) is 6.42 Å². The van der Waals surface area contributed by atoms with Crippen LogP contribution in [0.4, 0.5) is 15.8 Å². The quantitative estimate of drug-likeness (QED) is 0.821. The SMILES string of the molecule is O=C(Nc1ccccc1Br)C1CC(=O)N(c2ccc(F)c(Cl)c2)C1. The molecule has 0 spiro atoms. The van der Waals surface area contributed by atoms with E-state index in [0.717, 1.165) is 4.47 Å². The summed E-state index contributed by atoms with van der Waals surface area (Å²) in [7, 11) is 0. The van der Waals surface area contributed by atoms with Gasteiger partial charge in [-0.05, 0) is 46.3 Å². The molecule has 0 radical (unpaired) electrons. The minimum Gasteiger partial charge on any atom is -0.325 e. The number of amides is 2. The van der Waals surface area contributed by atoms with Crippen LogP contribution in [0.3, 0.4) is 0 Å². The Labute approximate surface area is 151 Å². The lowest BCUT2D eigenvalue weighted by molar-refractivity contribution is -0.122. The number of para-hydroxylation sites is 1. The molecule has 0 aromatic heterocycles. The third-order valence-electron chi connectivity index (χ3n) is 3.84. The minimum atomic E-state index is -0.546. The highest BCUT2D eigenvalue weighted by Gasteiger charge is 2.35. The zero-order valence-corrected chi connectivity index (χ0v) is 14.8. The van der Waals surface area contributed by atoms with Gasteiger partial charge in [-0.2, -0.15) is 0 Å². The highest BCUT2D eigenvalue weighted by Crippen LogP contribution is 2.30. The zero-order valence-electron chi connectivity index (χ0n) is 12.4. The number of nitrogens with one attached hydrogen (secondary N) is 1. The van der Waals surface area contributed by atoms with Crippen molar-refractivity contribution in [1.29, 1.82) is 0 Å². The van der Waals surface area contributed by atoms with Crippen molar-refractivity contribution in [3.63, 3.8) is 0 Å². The van der Waals surface area contributed by atoms with E-state index in [9.17, 15) is 14.0 Å². The molecule has 1 atom stereocenters. The predicted molar refractivity (Wildman–Crippen MR) is 94.6 cm³/mol. The van der Waals surface area contributed by atoms with Gasteiger partial charge in [0.25, 0.3) is 0 Å². The summed E-state index contributed by atoms with van der Waals surface area (Å²) in [5.41, 5.74) is 1.14. The van der Waals surface area contributed by atoms with Crippen LogP contribution in [0.2, 0.25) is 5.02 Å². The summed E-state index contributed by atoms with van der Waals surface area (Å²) in [5, 5.41) is 2.76. The molecule has 4 nitrogen and oxygen atoms in total. The second kappa shape index (κ2) is 6.91. The maximum atomic E-state index is 13.3. The number of rotatable bonds is 3. The van der Waals surface area contributed by atoms with Gasteiger partial charge in [-0.15, -0.1) is 0 Å². The maximum Gasteiger partial charge on any atom is 0.229 e. The molecule has 0 bridgehead atoms. The Kier molecular flexibility index (Phi) is 4.87. The minimum absolute atomic E-state index is 0.0542. The van der Waals surface area contributed by atoms with Crippen LogP contribution in [-0.2, 0) is 9.59 Å². The standard InChI is InChI=1S/C17H13BrClFN2O2/c18-12-3-1-2-4-15(12)21-17(24)10-7-16(23)22(9-10)11-5-6-14(20)13(19)8-11/h1-6,8,10H,7,9H2,(H,21,24). The average molecular weight is 412 g/mol. The van der Waals surface area contributed by atoms with Crippen molar-refractivity contribution in [2.75, 3.05) is 16.8 Å². The molecule has 0 saturated carbocycles. The van der Waals surface area contributed by atoms with Crippen molar-refractivity contribution in [3.05, 3.63) is 57.8 Å². The van der Waals surface area contributed by atoms with Gasteiger partial charge in [0, 0.05) is 23.1 Å². The molecule has 3 rings (SSSR count). The summed E-state index contributed by atoms with van der Waals surface area (Å²) < 4.78 is 14.0. The summed E-state index contributed by atoms with van der Waals surface area (Å²) >= 11 is 9.13. The van der Waals surface area contributed by atoms with E-state index in [1.54, 1.807) is 6.07 Å². The molecule has 124 valence electrons. The second-order valence-electron chi connectivity index (χ2n) is 5.47. The summed E-state index contributed by atoms with van der Waals surface area (Å²) in [4.78, 5) is 26.1. The summed E-state index contributed by atoms with van der Waals surface area (Å²) in [6, 6.07) is 11.3. The second-order valence-corrected chi connectivity index (χ2v) is 6.73. The fraction of sp³-hybridized carbons (Fsp3) is 0.176. The van der Waals surface area contributed by atoms with Gasteiger partial charge < -0.3 is 10.2 Å². The maximum absolute atomic E-state index is 13.3. The van der Waals surface area contributed by atoms with E-state index >= 15 is 0 Å². The Morgan fingerprint density at radius 1 is 1.29 bits per heavy atom. The van der Waals surface area contributed by atoms with Gasteiger partial charge in [0.05, 0.1) is 16.6 Å². The number of anilines is 2. The van der Waals surface area contributed by atoms with Gasteiger partial charge in [0.1, 0.15) is 5.82 Å². The van der Waals surface area contributed by atoms with E-state index in [4.69, 9.17) is 11.6 Å². The van der Waals surface area contributed by atoms with Gasteiger partial charge in [0.15, 0.2) is 0 Å². The van der Waals surface area contributed by atoms with Gasteiger partial charge >= 0.3 is 0 Å². The molecule has 7 heteroatoms. The lowest BCUT2D eigenvalue weighted by Gasteiger charge is -2.17. The van der Waals surface area contributed by atoms with E-state index in [1.165, 1.54) is 23.1 Å². The van der Waals surface area contributed by atoms with Crippen LogP contribution in [0, 0.1) is 11.7 Å². The fourth-order valence-electron chi connectivity index (χ4n) is 2.58. The van der Waals surface area contributed by atoms with Crippen LogP contribution < -0.4 is 10.2 Å². The Bertz CT molecular complexity index is 815. The average Bonchev–Trinajstić information content (AvgIpc) is 2.94. The van der Waals surface area contributed by atoms with Crippen LogP contribution in [0.5, 0.6) is 0 Å². The molecule has 0 aliphatic carbocycles. The molecule has 1 fully saturated rings. The van der Waals surface area contributed by atoms with Crippen LogP contribution >= 0.6 is 27.5 Å². The molecule has 24 heavy (non-hydrogen) atoms. The zero-order chi connectivity index (χ0) is 17.3. The summed E-state index contributed by atoms with van der Waals surface area (Å²) in [6.45, 7) is 0.233. The Morgan fingerprint density at radius 3 is 2.75 bits per heavy atom. The smallest absolute Gasteiger partial charge is 0.229 e. The van der Waals surface area contributed by atoms with Crippen molar-refractivity contribution in [2.24, 2.45) is 5.92 Å². The molecule has 1 aliphatic rings. The first-order valence-corrected chi connectivity index (χ1v) is 8.43. The number of carbonyl (C=O) groups is 2. The monoisotopic (exact) mass is 410 g/mol. The number of halogens is 3. The Balaban J connectivity index is 1.73. The van der Waals surface area contributed by atoms with Crippen molar-refractivity contribution < 1.29 is 14.0 Å². The normalized spacial score (nSPS) is 17.2. The number of nitrogens with zero attached hydrogens (tertiary/aromatic N) is 1. The molecule has 2 amide bonds. The van der Waals surface area contributed by atoms with Gasteiger partial charge in [-0.3, -0.25) is 9.59 Å². The van der Waals surface area contributed by atoms with E-state index in [-0.39, 0.29) is 29.8 Å². The van der Waals surface area contributed by atoms with Gasteiger partial charge in [-0.25, -0.2) is 4.39 Å². The highest BCUT2D eigenvalue weighted by atomic mass is 79.9. The van der Waals surface area contributed by atoms with E-state index in [2.05, 4.69) is 21.2 Å². The Morgan fingerprint density at radius 2 is 2.04 bits per heavy atom. The predicted octanol–water partition coefficient (Wildman–Crippen LogP) is 4.23. The number of benzene rings is 2. The van der Waals surface area contributed by atoms with Gasteiger partial charge in [-0.1, -0.05) is 23.7 Å². The third kappa shape index (κ3) is 3.44. The lowest BCUT2D eigenvalue weighted by Crippen LogP contribution is -2.28. The lowest BCUT2D eigenvalue weighted by atomic mass is 10.1. The van der Waals surface area contributed by atoms with E-state index < -0.39 is 11.7 Å².